The van der Waals surface area contributed by atoms with Crippen LogP contribution in [0.5, 0.6) is 5.75 Å². The lowest BCUT2D eigenvalue weighted by atomic mass is 9.92. The highest BCUT2D eigenvalue weighted by Gasteiger charge is 2.39. The molecule has 146 valence electrons. The highest BCUT2D eigenvalue weighted by molar-refractivity contribution is 7.90. The van der Waals surface area contributed by atoms with Gasteiger partial charge in [0.25, 0.3) is 10.0 Å². The van der Waals surface area contributed by atoms with Crippen molar-refractivity contribution in [3.05, 3.63) is 48.0 Å². The normalized spacial score (nSPS) is 20.4. The van der Waals surface area contributed by atoms with Crippen molar-refractivity contribution in [1.29, 1.82) is 0 Å². The van der Waals surface area contributed by atoms with Crippen LogP contribution in [-0.4, -0.2) is 43.5 Å². The van der Waals surface area contributed by atoms with E-state index in [9.17, 15) is 8.42 Å². The summed E-state index contributed by atoms with van der Waals surface area (Å²) in [4.78, 5) is 2.84. The summed E-state index contributed by atoms with van der Waals surface area (Å²) in [6.45, 7) is 7.75. The largest absolute Gasteiger partial charge is 0.494 e. The van der Waals surface area contributed by atoms with E-state index in [1.54, 1.807) is 16.1 Å². The molecule has 0 amide bonds. The monoisotopic (exact) mass is 396 g/mol. The van der Waals surface area contributed by atoms with Crippen molar-refractivity contribution in [3.8, 4) is 17.0 Å². The fourth-order valence-corrected chi connectivity index (χ4v) is 6.53. The topological polar surface area (TPSA) is 51.5 Å². The number of hydrogen-bond acceptors (Lipinski definition) is 4. The smallest absolute Gasteiger partial charge is 0.269 e. The zero-order valence-electron chi connectivity index (χ0n) is 16.2. The molecule has 1 saturated heterocycles. The van der Waals surface area contributed by atoms with E-state index in [4.69, 9.17) is 4.74 Å². The van der Waals surface area contributed by atoms with Crippen LogP contribution in [-0.2, 0) is 10.0 Å². The molecule has 2 aromatic carbocycles. The van der Waals surface area contributed by atoms with Crippen LogP contribution in [0.4, 0.5) is 0 Å². The Labute approximate surface area is 165 Å². The van der Waals surface area contributed by atoms with E-state index in [2.05, 4.69) is 11.8 Å². The lowest BCUT2D eigenvalue weighted by Crippen LogP contribution is -2.19. The zero-order chi connectivity index (χ0) is 19.5. The van der Waals surface area contributed by atoms with Gasteiger partial charge in [-0.05, 0) is 56.3 Å². The van der Waals surface area contributed by atoms with Crippen LogP contribution in [0, 0.1) is 0 Å². The molecule has 2 aliphatic heterocycles. The molecular formula is C22H24N2O3S. The molecule has 0 spiro atoms. The fourth-order valence-electron chi connectivity index (χ4n) is 4.78. The number of ether oxygens (including phenoxy) is 1. The van der Waals surface area contributed by atoms with Gasteiger partial charge in [0.05, 0.1) is 22.7 Å². The quantitative estimate of drug-likeness (QED) is 0.522. The average Bonchev–Trinajstić information content (AvgIpc) is 3.35. The molecule has 5 rings (SSSR count). The summed E-state index contributed by atoms with van der Waals surface area (Å²) in [6, 6.07) is 13.2. The van der Waals surface area contributed by atoms with Crippen molar-refractivity contribution in [2.75, 3.05) is 26.2 Å². The molecule has 6 heteroatoms. The van der Waals surface area contributed by atoms with Gasteiger partial charge >= 0.3 is 0 Å². The predicted molar refractivity (Wildman–Crippen MR) is 111 cm³/mol. The summed E-state index contributed by atoms with van der Waals surface area (Å²) in [6.07, 6.45) is 1.04. The molecule has 0 bridgehead atoms. The van der Waals surface area contributed by atoms with Crippen LogP contribution in [0.2, 0.25) is 0 Å². The Morgan fingerprint density at radius 3 is 2.71 bits per heavy atom. The molecule has 0 saturated carbocycles. The van der Waals surface area contributed by atoms with Gasteiger partial charge in [0, 0.05) is 23.4 Å². The van der Waals surface area contributed by atoms with Crippen LogP contribution in [0.1, 0.15) is 31.7 Å². The molecule has 5 nitrogen and oxygen atoms in total. The van der Waals surface area contributed by atoms with E-state index < -0.39 is 10.0 Å². The molecule has 2 aliphatic rings. The van der Waals surface area contributed by atoms with Gasteiger partial charge in [-0.15, -0.1) is 0 Å². The lowest BCUT2D eigenvalue weighted by molar-refractivity contribution is 0.340. The van der Waals surface area contributed by atoms with Crippen molar-refractivity contribution in [3.63, 3.8) is 0 Å². The van der Waals surface area contributed by atoms with Crippen molar-refractivity contribution in [2.45, 2.75) is 31.1 Å². The number of benzene rings is 2. The lowest BCUT2D eigenvalue weighted by Gasteiger charge is -2.14. The van der Waals surface area contributed by atoms with E-state index in [1.165, 1.54) is 0 Å². The first-order chi connectivity index (χ1) is 13.6. The molecule has 0 radical (unpaired) electrons. The highest BCUT2D eigenvalue weighted by atomic mass is 32.2. The van der Waals surface area contributed by atoms with Crippen LogP contribution < -0.4 is 4.74 Å². The molecule has 1 atom stereocenters. The molecule has 1 aromatic heterocycles. The van der Waals surface area contributed by atoms with Crippen molar-refractivity contribution < 1.29 is 13.2 Å². The third-order valence-electron chi connectivity index (χ3n) is 6.03. The predicted octanol–water partition coefficient (Wildman–Crippen LogP) is 4.07. The summed E-state index contributed by atoms with van der Waals surface area (Å²) in [5, 5.41) is 1.00. The molecule has 0 aliphatic carbocycles. The number of nitrogens with zero attached hydrogens (tertiary/aromatic N) is 2. The van der Waals surface area contributed by atoms with Gasteiger partial charge in [-0.25, -0.2) is 12.4 Å². The van der Waals surface area contributed by atoms with Crippen LogP contribution >= 0.6 is 0 Å². The maximum Gasteiger partial charge on any atom is 0.269 e. The first kappa shape index (κ1) is 17.8. The first-order valence-electron chi connectivity index (χ1n) is 9.94. The number of aromatic nitrogens is 1. The van der Waals surface area contributed by atoms with Crippen molar-refractivity contribution >= 4 is 20.9 Å². The maximum absolute atomic E-state index is 13.4. The number of likely N-dealkylation sites (N-methyl/N-ethyl adjacent to an activating group) is 1. The Hall–Kier alpha value is -2.31. The third-order valence-corrected chi connectivity index (χ3v) is 7.81. The van der Waals surface area contributed by atoms with E-state index in [0.29, 0.717) is 17.4 Å². The van der Waals surface area contributed by atoms with Crippen molar-refractivity contribution in [2.24, 2.45) is 0 Å². The van der Waals surface area contributed by atoms with Gasteiger partial charge in [0.2, 0.25) is 0 Å². The van der Waals surface area contributed by atoms with Gasteiger partial charge in [-0.1, -0.05) is 25.1 Å². The van der Waals surface area contributed by atoms with Crippen LogP contribution in [0.25, 0.3) is 22.2 Å². The summed E-state index contributed by atoms with van der Waals surface area (Å²) in [5.41, 5.74) is 3.57. The SMILES string of the molecule is CCOc1ccc2c(c1)c([C@H]1CCN(CC)C1)c1n2S(=O)(=O)c2ccccc2-1. The second-order valence-electron chi connectivity index (χ2n) is 7.52. The van der Waals surface area contributed by atoms with E-state index in [-0.39, 0.29) is 0 Å². The van der Waals surface area contributed by atoms with Gasteiger partial charge in [-0.3, -0.25) is 0 Å². The van der Waals surface area contributed by atoms with Gasteiger partial charge in [0.15, 0.2) is 0 Å². The summed E-state index contributed by atoms with van der Waals surface area (Å²) >= 11 is 0. The molecule has 1 fully saturated rings. The summed E-state index contributed by atoms with van der Waals surface area (Å²) in [7, 11) is -3.58. The summed E-state index contributed by atoms with van der Waals surface area (Å²) in [5.74, 6) is 1.11. The first-order valence-corrected chi connectivity index (χ1v) is 11.4. The Bertz CT molecular complexity index is 1180. The van der Waals surface area contributed by atoms with Gasteiger partial charge in [0.1, 0.15) is 5.75 Å². The molecule has 28 heavy (non-hydrogen) atoms. The Balaban J connectivity index is 1.84. The Morgan fingerprint density at radius 1 is 1.14 bits per heavy atom. The van der Waals surface area contributed by atoms with Crippen LogP contribution in [0.3, 0.4) is 0 Å². The van der Waals surface area contributed by atoms with Crippen molar-refractivity contribution in [1.82, 2.24) is 8.87 Å². The molecule has 0 unspecified atom stereocenters. The zero-order valence-corrected chi connectivity index (χ0v) is 17.0. The minimum absolute atomic E-state index is 0.317. The number of fused-ring (bicyclic) bond motifs is 5. The maximum atomic E-state index is 13.4. The Kier molecular flexibility index (Phi) is 4.03. The number of rotatable bonds is 4. The number of likely N-dealkylation sites (tertiary alicyclic amines) is 1. The van der Waals surface area contributed by atoms with E-state index >= 15 is 0 Å². The fraction of sp³-hybridized carbons (Fsp3) is 0.364. The minimum Gasteiger partial charge on any atom is -0.494 e. The van der Waals surface area contributed by atoms with E-state index in [0.717, 1.165) is 59.5 Å². The average molecular weight is 397 g/mol. The minimum atomic E-state index is -3.58. The molecule has 3 heterocycles. The third kappa shape index (κ3) is 2.37. The second kappa shape index (κ2) is 6.36. The Morgan fingerprint density at radius 2 is 1.96 bits per heavy atom. The van der Waals surface area contributed by atoms with Gasteiger partial charge in [-0.2, -0.15) is 0 Å². The van der Waals surface area contributed by atoms with E-state index in [1.807, 2.05) is 37.3 Å². The molecule has 0 N–H and O–H groups in total. The number of hydrogen-bond donors (Lipinski definition) is 0. The molecule has 3 aromatic rings. The second-order valence-corrected chi connectivity index (χ2v) is 9.27. The summed E-state index contributed by atoms with van der Waals surface area (Å²) < 4.78 is 34.0. The standard InChI is InChI=1S/C22H24N2O3S/c1-3-23-12-11-15(14-23)21-18-13-16(27-4-2)9-10-19(18)24-22(21)17-7-5-6-8-20(17)28(24,25)26/h5-10,13,15H,3-4,11-12,14H2,1-2H3/t15-/m0/s1. The van der Waals surface area contributed by atoms with Gasteiger partial charge < -0.3 is 9.64 Å². The van der Waals surface area contributed by atoms with Crippen LogP contribution in [0.15, 0.2) is 47.4 Å². The highest BCUT2D eigenvalue weighted by Crippen LogP contribution is 2.49. The molecular weight excluding hydrogens is 372 g/mol.